The summed E-state index contributed by atoms with van der Waals surface area (Å²) in [6, 6.07) is 4.24. The number of rotatable bonds is 3. The highest BCUT2D eigenvalue weighted by Crippen LogP contribution is 2.26. The predicted molar refractivity (Wildman–Crippen MR) is 74.2 cm³/mol. The Hall–Kier alpha value is -2.10. The number of imidazole rings is 1. The molecule has 0 spiro atoms. The van der Waals surface area contributed by atoms with E-state index in [1.54, 1.807) is 13.1 Å². The van der Waals surface area contributed by atoms with Crippen molar-refractivity contribution in [1.29, 1.82) is 0 Å². The molecule has 0 fully saturated rings. The van der Waals surface area contributed by atoms with Gasteiger partial charge in [0.05, 0.1) is 18.5 Å². The maximum absolute atomic E-state index is 11.6. The van der Waals surface area contributed by atoms with Gasteiger partial charge in [0.25, 0.3) is 0 Å². The minimum absolute atomic E-state index is 0.247. The number of hydrogen-bond donors (Lipinski definition) is 1. The smallest absolute Gasteiger partial charge is 0.374 e. The molecule has 1 N–H and O–H groups in total. The molecule has 0 bridgehead atoms. The second-order valence-corrected chi connectivity index (χ2v) is 4.64. The molecule has 0 aliphatic rings. The molecule has 0 amide bonds. The predicted octanol–water partition coefficient (Wildman–Crippen LogP) is 3.18. The normalized spacial score (nSPS) is 10.5. The molecule has 100 valence electrons. The lowest BCUT2D eigenvalue weighted by molar-refractivity contribution is 0.0513. The zero-order valence-electron chi connectivity index (χ0n) is 11.7. The zero-order chi connectivity index (χ0) is 14.0. The first-order valence-corrected chi connectivity index (χ1v) is 6.33. The van der Waals surface area contributed by atoms with E-state index in [0.29, 0.717) is 6.61 Å². The molecule has 2 rings (SSSR count). The number of benzene rings is 1. The number of carbonyl (C=O) groups is 1. The molecule has 0 saturated carbocycles. The van der Waals surface area contributed by atoms with Crippen LogP contribution in [0.2, 0.25) is 0 Å². The van der Waals surface area contributed by atoms with E-state index in [9.17, 15) is 4.79 Å². The molecule has 1 aromatic carbocycles. The van der Waals surface area contributed by atoms with Crippen molar-refractivity contribution >= 4 is 5.97 Å². The first-order valence-electron chi connectivity index (χ1n) is 6.33. The van der Waals surface area contributed by atoms with Gasteiger partial charge >= 0.3 is 5.97 Å². The van der Waals surface area contributed by atoms with Crippen LogP contribution in [0, 0.1) is 20.8 Å². The van der Waals surface area contributed by atoms with Crippen molar-refractivity contribution in [2.45, 2.75) is 27.7 Å². The summed E-state index contributed by atoms with van der Waals surface area (Å²) in [4.78, 5) is 18.7. The van der Waals surface area contributed by atoms with Gasteiger partial charge in [0.15, 0.2) is 0 Å². The van der Waals surface area contributed by atoms with Gasteiger partial charge in [-0.2, -0.15) is 0 Å². The fourth-order valence-electron chi connectivity index (χ4n) is 2.36. The molecule has 1 aromatic heterocycles. The fourth-order valence-corrected chi connectivity index (χ4v) is 2.36. The molecule has 0 saturated heterocycles. The number of esters is 1. The number of ether oxygens (including phenoxy) is 1. The van der Waals surface area contributed by atoms with Crippen molar-refractivity contribution in [3.05, 3.63) is 40.8 Å². The van der Waals surface area contributed by atoms with Crippen molar-refractivity contribution in [3.8, 4) is 11.3 Å². The van der Waals surface area contributed by atoms with Gasteiger partial charge in [0, 0.05) is 5.56 Å². The summed E-state index contributed by atoms with van der Waals surface area (Å²) in [5, 5.41) is 0. The van der Waals surface area contributed by atoms with Gasteiger partial charge in [-0.3, -0.25) is 0 Å². The molecule has 0 atom stereocenters. The van der Waals surface area contributed by atoms with Crippen LogP contribution < -0.4 is 0 Å². The lowest BCUT2D eigenvalue weighted by Crippen LogP contribution is -2.06. The average molecular weight is 258 g/mol. The van der Waals surface area contributed by atoms with Gasteiger partial charge in [0.2, 0.25) is 5.82 Å². The number of aromatic amines is 1. The number of H-pyrrole nitrogens is 1. The van der Waals surface area contributed by atoms with Crippen LogP contribution in [0.25, 0.3) is 11.3 Å². The summed E-state index contributed by atoms with van der Waals surface area (Å²) >= 11 is 0. The topological polar surface area (TPSA) is 55.0 Å². The maximum atomic E-state index is 11.6. The molecule has 0 unspecified atom stereocenters. The lowest BCUT2D eigenvalue weighted by atomic mass is 9.98. The van der Waals surface area contributed by atoms with E-state index in [4.69, 9.17) is 4.74 Å². The molecule has 0 radical (unpaired) electrons. The molecule has 1 heterocycles. The summed E-state index contributed by atoms with van der Waals surface area (Å²) in [5.74, 6) is -0.174. The second-order valence-electron chi connectivity index (χ2n) is 4.64. The number of aromatic nitrogens is 2. The van der Waals surface area contributed by atoms with E-state index < -0.39 is 5.97 Å². The van der Waals surface area contributed by atoms with Crippen molar-refractivity contribution in [2.24, 2.45) is 0 Å². The van der Waals surface area contributed by atoms with Crippen LogP contribution in [0.15, 0.2) is 18.3 Å². The highest BCUT2D eigenvalue weighted by Gasteiger charge is 2.14. The van der Waals surface area contributed by atoms with Crippen molar-refractivity contribution < 1.29 is 9.53 Å². The molecule has 4 heteroatoms. The monoisotopic (exact) mass is 258 g/mol. The molecular weight excluding hydrogens is 240 g/mol. The molecule has 2 aromatic rings. The third kappa shape index (κ3) is 2.67. The van der Waals surface area contributed by atoms with Crippen LogP contribution >= 0.6 is 0 Å². The Balaban J connectivity index is 2.41. The van der Waals surface area contributed by atoms with E-state index in [2.05, 4.69) is 42.9 Å². The number of nitrogens with one attached hydrogen (secondary N) is 1. The van der Waals surface area contributed by atoms with E-state index in [0.717, 1.165) is 22.4 Å². The minimum Gasteiger partial charge on any atom is -0.460 e. The van der Waals surface area contributed by atoms with Crippen LogP contribution in [0.5, 0.6) is 0 Å². The van der Waals surface area contributed by atoms with Gasteiger partial charge in [-0.15, -0.1) is 0 Å². The highest BCUT2D eigenvalue weighted by molar-refractivity contribution is 5.86. The molecular formula is C15H18N2O2. The summed E-state index contributed by atoms with van der Waals surface area (Å²) in [6.45, 7) is 8.30. The van der Waals surface area contributed by atoms with Crippen LogP contribution in [0.1, 0.15) is 34.2 Å². The Bertz CT molecular complexity index is 591. The summed E-state index contributed by atoms with van der Waals surface area (Å²) < 4.78 is 4.92. The average Bonchev–Trinajstić information content (AvgIpc) is 2.77. The first-order chi connectivity index (χ1) is 9.02. The van der Waals surface area contributed by atoms with Gasteiger partial charge in [-0.1, -0.05) is 17.7 Å². The molecule has 19 heavy (non-hydrogen) atoms. The summed E-state index contributed by atoms with van der Waals surface area (Å²) in [5.41, 5.74) is 5.49. The van der Waals surface area contributed by atoms with Crippen LogP contribution in [-0.2, 0) is 4.74 Å². The number of carbonyl (C=O) groups excluding carboxylic acids is 1. The van der Waals surface area contributed by atoms with Gasteiger partial charge in [-0.25, -0.2) is 9.78 Å². The summed E-state index contributed by atoms with van der Waals surface area (Å²) in [7, 11) is 0. The molecule has 4 nitrogen and oxygen atoms in total. The van der Waals surface area contributed by atoms with Gasteiger partial charge < -0.3 is 9.72 Å². The zero-order valence-corrected chi connectivity index (χ0v) is 11.7. The van der Waals surface area contributed by atoms with Crippen molar-refractivity contribution in [3.63, 3.8) is 0 Å². The second kappa shape index (κ2) is 5.26. The van der Waals surface area contributed by atoms with Crippen molar-refractivity contribution in [1.82, 2.24) is 9.97 Å². The Labute approximate surface area is 112 Å². The molecule has 0 aliphatic carbocycles. The van der Waals surface area contributed by atoms with Crippen LogP contribution in [-0.4, -0.2) is 22.5 Å². The van der Waals surface area contributed by atoms with Crippen LogP contribution in [0.4, 0.5) is 0 Å². The van der Waals surface area contributed by atoms with E-state index in [-0.39, 0.29) is 5.82 Å². The molecule has 0 aliphatic heterocycles. The Kier molecular flexibility index (Phi) is 3.69. The Morgan fingerprint density at radius 2 is 1.89 bits per heavy atom. The quantitative estimate of drug-likeness (QED) is 0.860. The van der Waals surface area contributed by atoms with Gasteiger partial charge in [0.1, 0.15) is 0 Å². The number of aryl methyl sites for hydroxylation is 3. The maximum Gasteiger partial charge on any atom is 0.374 e. The standard InChI is InChI=1S/C15H18N2O2/c1-5-19-15(18)14-16-8-12(17-14)13-10(3)6-9(2)7-11(13)4/h6-8H,5H2,1-4H3,(H,16,17). The fraction of sp³-hybridized carbons (Fsp3) is 0.333. The van der Waals surface area contributed by atoms with Crippen molar-refractivity contribution in [2.75, 3.05) is 6.61 Å². The van der Waals surface area contributed by atoms with Crippen LogP contribution in [0.3, 0.4) is 0 Å². The van der Waals surface area contributed by atoms with E-state index >= 15 is 0 Å². The van der Waals surface area contributed by atoms with Gasteiger partial charge in [-0.05, 0) is 38.8 Å². The lowest BCUT2D eigenvalue weighted by Gasteiger charge is -2.09. The summed E-state index contributed by atoms with van der Waals surface area (Å²) in [6.07, 6.45) is 1.68. The third-order valence-corrected chi connectivity index (χ3v) is 2.99. The SMILES string of the molecule is CCOC(=O)c1ncc(-c2c(C)cc(C)cc2C)[nH]1. The van der Waals surface area contributed by atoms with E-state index in [1.165, 1.54) is 5.56 Å². The highest BCUT2D eigenvalue weighted by atomic mass is 16.5. The number of nitrogens with zero attached hydrogens (tertiary/aromatic N) is 1. The van der Waals surface area contributed by atoms with E-state index in [1.807, 2.05) is 0 Å². The third-order valence-electron chi connectivity index (χ3n) is 2.99. The first kappa shape index (κ1) is 13.3. The Morgan fingerprint density at radius 3 is 2.47 bits per heavy atom. The number of hydrogen-bond acceptors (Lipinski definition) is 3. The largest absolute Gasteiger partial charge is 0.460 e. The minimum atomic E-state index is -0.420. The Morgan fingerprint density at radius 1 is 1.26 bits per heavy atom.